The lowest BCUT2D eigenvalue weighted by Gasteiger charge is -2.01. The van der Waals surface area contributed by atoms with Crippen molar-refractivity contribution in [2.24, 2.45) is 5.92 Å². The summed E-state index contributed by atoms with van der Waals surface area (Å²) >= 11 is 0. The van der Waals surface area contributed by atoms with Crippen molar-refractivity contribution in [2.45, 2.75) is 19.4 Å². The van der Waals surface area contributed by atoms with E-state index in [1.54, 1.807) is 11.1 Å². The molecule has 6 heteroatoms. The van der Waals surface area contributed by atoms with Crippen LogP contribution in [-0.4, -0.2) is 33.3 Å². The van der Waals surface area contributed by atoms with E-state index in [4.69, 9.17) is 4.42 Å². The fourth-order valence-corrected chi connectivity index (χ4v) is 1.65. The normalized spacial score (nSPS) is 15.3. The topological polar surface area (TPSA) is 68.8 Å². The molecule has 2 heterocycles. The average Bonchev–Trinajstić information content (AvgIpc) is 2.84. The van der Waals surface area contributed by atoms with Gasteiger partial charge in [0, 0.05) is 6.54 Å². The number of rotatable bonds is 6. The Morgan fingerprint density at radius 3 is 3.18 bits per heavy atom. The standard InChI is InChI=1S/C11H15N5O/c1-2-10(17-7-1)11-13-15-16(14-11)6-5-12-8-9-3-4-9/h1-2,7,9,12H,3-6,8H2. The maximum absolute atomic E-state index is 5.20. The average molecular weight is 233 g/mol. The minimum atomic E-state index is 0.539. The SMILES string of the molecule is c1coc(-c2nnn(CCNCC3CC3)n2)c1. The van der Waals surface area contributed by atoms with E-state index in [2.05, 4.69) is 20.7 Å². The first-order chi connectivity index (χ1) is 8.42. The molecule has 2 aromatic rings. The molecule has 0 spiro atoms. The van der Waals surface area contributed by atoms with Crippen LogP contribution in [0.4, 0.5) is 0 Å². The number of nitrogens with one attached hydrogen (secondary N) is 1. The second kappa shape index (κ2) is 4.67. The minimum Gasteiger partial charge on any atom is -0.461 e. The molecule has 17 heavy (non-hydrogen) atoms. The number of furan rings is 1. The molecule has 1 fully saturated rings. The fraction of sp³-hybridized carbons (Fsp3) is 0.545. The van der Waals surface area contributed by atoms with Crippen molar-refractivity contribution in [3.8, 4) is 11.6 Å². The van der Waals surface area contributed by atoms with Crippen molar-refractivity contribution in [1.29, 1.82) is 0 Å². The lowest BCUT2D eigenvalue weighted by atomic mass is 10.4. The molecule has 0 amide bonds. The molecule has 6 nitrogen and oxygen atoms in total. The number of aromatic nitrogens is 4. The lowest BCUT2D eigenvalue weighted by molar-refractivity contribution is 0.485. The van der Waals surface area contributed by atoms with Crippen molar-refractivity contribution < 1.29 is 4.42 Å². The van der Waals surface area contributed by atoms with E-state index in [1.807, 2.05) is 12.1 Å². The molecule has 90 valence electrons. The number of hydrogen-bond donors (Lipinski definition) is 1. The highest BCUT2D eigenvalue weighted by Crippen LogP contribution is 2.27. The van der Waals surface area contributed by atoms with Gasteiger partial charge in [-0.3, -0.25) is 0 Å². The summed E-state index contributed by atoms with van der Waals surface area (Å²) in [5, 5.41) is 15.6. The van der Waals surface area contributed by atoms with E-state index < -0.39 is 0 Å². The molecule has 0 atom stereocenters. The van der Waals surface area contributed by atoms with E-state index in [-0.39, 0.29) is 0 Å². The molecule has 1 N–H and O–H groups in total. The Bertz CT molecular complexity index is 460. The molecule has 0 radical (unpaired) electrons. The van der Waals surface area contributed by atoms with Gasteiger partial charge < -0.3 is 9.73 Å². The van der Waals surface area contributed by atoms with E-state index in [1.165, 1.54) is 12.8 Å². The summed E-state index contributed by atoms with van der Waals surface area (Å²) in [5.41, 5.74) is 0. The Kier molecular flexibility index (Phi) is 2.87. The summed E-state index contributed by atoms with van der Waals surface area (Å²) in [6, 6.07) is 3.64. The number of nitrogens with zero attached hydrogens (tertiary/aromatic N) is 4. The third kappa shape index (κ3) is 2.71. The maximum atomic E-state index is 5.20. The zero-order valence-corrected chi connectivity index (χ0v) is 9.54. The zero-order valence-electron chi connectivity index (χ0n) is 9.54. The third-order valence-corrected chi connectivity index (χ3v) is 2.81. The van der Waals surface area contributed by atoms with Gasteiger partial charge in [0.25, 0.3) is 0 Å². The predicted octanol–water partition coefficient (Wildman–Crippen LogP) is 0.933. The van der Waals surface area contributed by atoms with Crippen LogP contribution >= 0.6 is 0 Å². The summed E-state index contributed by atoms with van der Waals surface area (Å²) in [7, 11) is 0. The molecule has 3 rings (SSSR count). The van der Waals surface area contributed by atoms with Gasteiger partial charge in [-0.25, -0.2) is 0 Å². The quantitative estimate of drug-likeness (QED) is 0.752. The minimum absolute atomic E-state index is 0.539. The Hall–Kier alpha value is -1.69. The number of tetrazole rings is 1. The zero-order chi connectivity index (χ0) is 11.5. The van der Waals surface area contributed by atoms with Crippen LogP contribution in [0.1, 0.15) is 12.8 Å². The molecule has 0 unspecified atom stereocenters. The highest BCUT2D eigenvalue weighted by atomic mass is 16.3. The summed E-state index contributed by atoms with van der Waals surface area (Å²) in [6.07, 6.45) is 4.35. The molecular weight excluding hydrogens is 218 g/mol. The highest BCUT2D eigenvalue weighted by molar-refractivity contribution is 5.43. The van der Waals surface area contributed by atoms with Gasteiger partial charge in [-0.1, -0.05) is 0 Å². The summed E-state index contributed by atoms with van der Waals surface area (Å²) < 4.78 is 5.20. The van der Waals surface area contributed by atoms with Crippen LogP contribution in [0.3, 0.4) is 0 Å². The van der Waals surface area contributed by atoms with E-state index in [0.29, 0.717) is 11.6 Å². The van der Waals surface area contributed by atoms with Gasteiger partial charge in [0.2, 0.25) is 5.82 Å². The second-order valence-corrected chi connectivity index (χ2v) is 4.33. The van der Waals surface area contributed by atoms with E-state index >= 15 is 0 Å². The second-order valence-electron chi connectivity index (χ2n) is 4.33. The fourth-order valence-electron chi connectivity index (χ4n) is 1.65. The smallest absolute Gasteiger partial charge is 0.240 e. The van der Waals surface area contributed by atoms with Gasteiger partial charge in [-0.05, 0) is 42.7 Å². The van der Waals surface area contributed by atoms with Crippen molar-refractivity contribution in [3.05, 3.63) is 18.4 Å². The first-order valence-electron chi connectivity index (χ1n) is 5.94. The summed E-state index contributed by atoms with van der Waals surface area (Å²) in [5.74, 6) is 2.09. The van der Waals surface area contributed by atoms with Crippen molar-refractivity contribution >= 4 is 0 Å². The van der Waals surface area contributed by atoms with Crippen LogP contribution in [0.2, 0.25) is 0 Å². The van der Waals surface area contributed by atoms with Crippen LogP contribution in [-0.2, 0) is 6.54 Å². The molecule has 1 saturated carbocycles. The van der Waals surface area contributed by atoms with Gasteiger partial charge in [-0.15, -0.1) is 10.2 Å². The molecule has 0 saturated heterocycles. The van der Waals surface area contributed by atoms with Gasteiger partial charge in [0.05, 0.1) is 12.8 Å². The van der Waals surface area contributed by atoms with E-state index in [0.717, 1.165) is 25.6 Å². The molecule has 0 aromatic carbocycles. The summed E-state index contributed by atoms with van der Waals surface area (Å²) in [6.45, 7) is 2.73. The monoisotopic (exact) mass is 233 g/mol. The van der Waals surface area contributed by atoms with Crippen LogP contribution in [0.5, 0.6) is 0 Å². The van der Waals surface area contributed by atoms with Crippen LogP contribution in [0, 0.1) is 5.92 Å². The van der Waals surface area contributed by atoms with Gasteiger partial charge in [-0.2, -0.15) is 4.80 Å². The Morgan fingerprint density at radius 2 is 2.41 bits per heavy atom. The van der Waals surface area contributed by atoms with Crippen LogP contribution < -0.4 is 5.32 Å². The Labute approximate surface area is 99.0 Å². The Morgan fingerprint density at radius 1 is 1.47 bits per heavy atom. The van der Waals surface area contributed by atoms with Crippen molar-refractivity contribution in [1.82, 2.24) is 25.5 Å². The van der Waals surface area contributed by atoms with Gasteiger partial charge >= 0.3 is 0 Å². The maximum Gasteiger partial charge on any atom is 0.240 e. The van der Waals surface area contributed by atoms with E-state index in [9.17, 15) is 0 Å². The lowest BCUT2D eigenvalue weighted by Crippen LogP contribution is -2.23. The first-order valence-corrected chi connectivity index (χ1v) is 5.94. The van der Waals surface area contributed by atoms with Crippen molar-refractivity contribution in [2.75, 3.05) is 13.1 Å². The predicted molar refractivity (Wildman–Crippen MR) is 61.1 cm³/mol. The number of hydrogen-bond acceptors (Lipinski definition) is 5. The Balaban J connectivity index is 1.50. The molecule has 0 aliphatic heterocycles. The molecular formula is C11H15N5O. The van der Waals surface area contributed by atoms with Crippen LogP contribution in [0.25, 0.3) is 11.6 Å². The van der Waals surface area contributed by atoms with Gasteiger partial charge in [0.15, 0.2) is 5.76 Å². The molecule has 2 aromatic heterocycles. The van der Waals surface area contributed by atoms with Crippen molar-refractivity contribution in [3.63, 3.8) is 0 Å². The largest absolute Gasteiger partial charge is 0.461 e. The third-order valence-electron chi connectivity index (χ3n) is 2.81. The van der Waals surface area contributed by atoms with Crippen LogP contribution in [0.15, 0.2) is 22.8 Å². The summed E-state index contributed by atoms with van der Waals surface area (Å²) in [4.78, 5) is 1.59. The highest BCUT2D eigenvalue weighted by Gasteiger charge is 2.20. The molecule has 0 bridgehead atoms. The first kappa shape index (κ1) is 10.5. The molecule has 1 aliphatic carbocycles. The molecule has 1 aliphatic rings. The van der Waals surface area contributed by atoms with Gasteiger partial charge in [0.1, 0.15) is 0 Å².